The smallest absolute Gasteiger partial charge is 0.261 e. The molecular formula is C29H33FN7O3S-. The molecule has 1 saturated carbocycles. The predicted molar refractivity (Wildman–Crippen MR) is 154 cm³/mol. The van der Waals surface area contributed by atoms with Crippen LogP contribution in [0.2, 0.25) is 0 Å². The first kappa shape index (κ1) is 27.4. The number of nitrogens with zero attached hydrogens (tertiary/aromatic N) is 5. The summed E-state index contributed by atoms with van der Waals surface area (Å²) in [5, 5.41) is 17.6. The lowest BCUT2D eigenvalue weighted by Crippen LogP contribution is -2.49. The molecule has 2 aliphatic rings. The molecule has 1 aliphatic heterocycles. The zero-order valence-electron chi connectivity index (χ0n) is 22.8. The van der Waals surface area contributed by atoms with Crippen LogP contribution in [0.15, 0.2) is 59.6 Å². The Balaban J connectivity index is 1.27. The fourth-order valence-electron chi connectivity index (χ4n) is 6.06. The summed E-state index contributed by atoms with van der Waals surface area (Å²) in [6, 6.07) is 12.0. The second-order valence-electron chi connectivity index (χ2n) is 10.9. The molecule has 3 N–H and O–H groups in total. The molecule has 4 aromatic rings. The number of nitrogen functional groups attached to an aromatic ring is 1. The monoisotopic (exact) mass is 578 g/mol. The first-order valence-corrected chi connectivity index (χ1v) is 15.3. The van der Waals surface area contributed by atoms with Gasteiger partial charge in [0.2, 0.25) is 0 Å². The molecule has 0 bridgehead atoms. The Bertz CT molecular complexity index is 1680. The van der Waals surface area contributed by atoms with E-state index in [4.69, 9.17) is 10.8 Å². The molecule has 0 spiro atoms. The molecule has 0 atom stereocenters. The number of sulfonamides is 1. The summed E-state index contributed by atoms with van der Waals surface area (Å²) in [5.41, 5.74) is 7.82. The number of halogens is 1. The molecule has 6 rings (SSSR count). The standard InChI is InChI=1S/C29H34FN7O3S/c1-35-14-16-36(17-15-35)20-7-9-21(10-8-20)37-24-12-13-32-29(31)27(24)28(33-37)19-6-11-23(22(30)18-19)34-41(39,40)26-5-3-2-4-25(26)38/h2-6,11-13,18,20-21,34,38H,7-10,14-17H2,1H3,(H2,31,32)/p-1. The van der Waals surface area contributed by atoms with Gasteiger partial charge in [-0.3, -0.25) is 14.3 Å². The number of fused-ring (bicyclic) bond motifs is 1. The second-order valence-corrected chi connectivity index (χ2v) is 12.6. The van der Waals surface area contributed by atoms with Crippen molar-refractivity contribution in [2.24, 2.45) is 0 Å². The van der Waals surface area contributed by atoms with Crippen LogP contribution in [0.25, 0.3) is 22.2 Å². The lowest BCUT2D eigenvalue weighted by atomic mass is 9.89. The summed E-state index contributed by atoms with van der Waals surface area (Å²) in [4.78, 5) is 8.79. The van der Waals surface area contributed by atoms with Crippen molar-refractivity contribution >= 4 is 32.4 Å². The van der Waals surface area contributed by atoms with E-state index in [9.17, 15) is 13.5 Å². The largest absolute Gasteiger partial charge is 0.872 e. The summed E-state index contributed by atoms with van der Waals surface area (Å²) < 4.78 is 45.0. The highest BCUT2D eigenvalue weighted by Gasteiger charge is 2.30. The molecule has 2 aromatic heterocycles. The van der Waals surface area contributed by atoms with Gasteiger partial charge in [-0.1, -0.05) is 30.0 Å². The molecule has 2 aromatic carbocycles. The molecular weight excluding hydrogens is 545 g/mol. The Morgan fingerprint density at radius 3 is 2.41 bits per heavy atom. The van der Waals surface area contributed by atoms with Gasteiger partial charge in [0, 0.05) is 44.0 Å². The van der Waals surface area contributed by atoms with E-state index < -0.39 is 26.5 Å². The molecule has 2 fully saturated rings. The fourth-order valence-corrected chi connectivity index (χ4v) is 7.22. The van der Waals surface area contributed by atoms with Gasteiger partial charge in [0.25, 0.3) is 10.0 Å². The van der Waals surface area contributed by atoms with Gasteiger partial charge >= 0.3 is 0 Å². The minimum Gasteiger partial charge on any atom is -0.872 e. The number of hydrogen-bond acceptors (Lipinski definition) is 8. The van der Waals surface area contributed by atoms with Crippen LogP contribution in [-0.4, -0.2) is 72.3 Å². The van der Waals surface area contributed by atoms with Crippen LogP contribution in [0.3, 0.4) is 0 Å². The van der Waals surface area contributed by atoms with Crippen molar-refractivity contribution in [3.8, 4) is 17.0 Å². The van der Waals surface area contributed by atoms with Gasteiger partial charge in [0.1, 0.15) is 17.3 Å². The van der Waals surface area contributed by atoms with Crippen molar-refractivity contribution < 1.29 is 17.9 Å². The number of aromatic nitrogens is 3. The molecule has 12 heteroatoms. The third-order valence-corrected chi connectivity index (χ3v) is 9.75. The highest BCUT2D eigenvalue weighted by atomic mass is 32.2. The molecule has 0 amide bonds. The highest BCUT2D eigenvalue weighted by Crippen LogP contribution is 2.38. The summed E-state index contributed by atoms with van der Waals surface area (Å²) in [5.74, 6) is -1.17. The van der Waals surface area contributed by atoms with E-state index in [0.29, 0.717) is 28.5 Å². The molecule has 10 nitrogen and oxygen atoms in total. The van der Waals surface area contributed by atoms with E-state index in [1.54, 1.807) is 12.3 Å². The van der Waals surface area contributed by atoms with E-state index in [2.05, 4.69) is 26.6 Å². The number of piperazine rings is 1. The molecule has 1 saturated heterocycles. The summed E-state index contributed by atoms with van der Waals surface area (Å²) in [7, 11) is -2.10. The number of benzene rings is 2. The SMILES string of the molecule is CN1CCN(C2CCC(n3nc(-c4ccc(NS(=O)(=O)c5ccccc5[O-])c(F)c4)c4c(N)nccc43)CC2)CC1. The lowest BCUT2D eigenvalue weighted by Gasteiger charge is -2.41. The Kier molecular flexibility index (Phi) is 7.30. The number of para-hydroxylation sites is 1. The van der Waals surface area contributed by atoms with Gasteiger partial charge in [-0.2, -0.15) is 5.10 Å². The average molecular weight is 579 g/mol. The quantitative estimate of drug-likeness (QED) is 0.356. The van der Waals surface area contributed by atoms with Crippen LogP contribution in [0.5, 0.6) is 5.75 Å². The Labute approximate surface area is 238 Å². The van der Waals surface area contributed by atoms with Crippen molar-refractivity contribution in [1.82, 2.24) is 24.6 Å². The van der Waals surface area contributed by atoms with Crippen LogP contribution in [0.4, 0.5) is 15.9 Å². The van der Waals surface area contributed by atoms with E-state index in [0.717, 1.165) is 63.4 Å². The van der Waals surface area contributed by atoms with Crippen LogP contribution in [-0.2, 0) is 10.0 Å². The Hall–Kier alpha value is -3.74. The highest BCUT2D eigenvalue weighted by molar-refractivity contribution is 7.92. The molecule has 0 radical (unpaired) electrons. The van der Waals surface area contributed by atoms with E-state index in [1.807, 2.05) is 10.7 Å². The third kappa shape index (κ3) is 5.34. The van der Waals surface area contributed by atoms with Crippen LogP contribution < -0.4 is 15.6 Å². The van der Waals surface area contributed by atoms with Crippen LogP contribution >= 0.6 is 0 Å². The number of pyridine rings is 1. The molecule has 1 aliphatic carbocycles. The van der Waals surface area contributed by atoms with Gasteiger partial charge in [-0.25, -0.2) is 17.8 Å². The van der Waals surface area contributed by atoms with Crippen molar-refractivity contribution in [3.63, 3.8) is 0 Å². The van der Waals surface area contributed by atoms with Crippen LogP contribution in [0.1, 0.15) is 31.7 Å². The molecule has 41 heavy (non-hydrogen) atoms. The van der Waals surface area contributed by atoms with Crippen LogP contribution in [0, 0.1) is 5.82 Å². The topological polar surface area (TPSA) is 132 Å². The summed E-state index contributed by atoms with van der Waals surface area (Å²) in [6.07, 6.45) is 5.78. The third-order valence-electron chi connectivity index (χ3n) is 8.34. The Morgan fingerprint density at radius 2 is 1.71 bits per heavy atom. The first-order chi connectivity index (χ1) is 19.7. The maximum Gasteiger partial charge on any atom is 0.261 e. The number of likely N-dealkylation sites (N-methyl/N-ethyl adjacent to an activating group) is 1. The normalized spacial score (nSPS) is 20.8. The zero-order valence-corrected chi connectivity index (χ0v) is 23.6. The van der Waals surface area contributed by atoms with Crippen molar-refractivity contribution in [1.29, 1.82) is 0 Å². The molecule has 0 unspecified atom stereocenters. The number of nitrogens with two attached hydrogens (primary N) is 1. The van der Waals surface area contributed by atoms with Crippen molar-refractivity contribution in [3.05, 3.63) is 60.5 Å². The maximum absolute atomic E-state index is 15.3. The number of hydrogen-bond donors (Lipinski definition) is 2. The fraction of sp³-hybridized carbons (Fsp3) is 0.379. The zero-order chi connectivity index (χ0) is 28.7. The van der Waals surface area contributed by atoms with Crippen molar-refractivity contribution in [2.75, 3.05) is 43.7 Å². The van der Waals surface area contributed by atoms with Crippen molar-refractivity contribution in [2.45, 2.75) is 42.7 Å². The van der Waals surface area contributed by atoms with E-state index >= 15 is 4.39 Å². The number of nitrogens with one attached hydrogen (secondary N) is 1. The minimum absolute atomic E-state index is 0.180. The van der Waals surface area contributed by atoms with Gasteiger partial charge in [0.15, 0.2) is 0 Å². The van der Waals surface area contributed by atoms with E-state index in [1.165, 1.54) is 30.3 Å². The lowest BCUT2D eigenvalue weighted by molar-refractivity contribution is -0.272. The number of anilines is 2. The minimum atomic E-state index is -4.27. The Morgan fingerprint density at radius 1 is 1.00 bits per heavy atom. The van der Waals surface area contributed by atoms with Gasteiger partial charge in [-0.05, 0) is 57.0 Å². The molecule has 3 heterocycles. The molecule has 216 valence electrons. The first-order valence-electron chi connectivity index (χ1n) is 13.9. The van der Waals surface area contributed by atoms with Gasteiger partial charge < -0.3 is 15.7 Å². The average Bonchev–Trinajstić information content (AvgIpc) is 3.36. The summed E-state index contributed by atoms with van der Waals surface area (Å²) >= 11 is 0. The predicted octanol–water partition coefficient (Wildman–Crippen LogP) is 3.43. The summed E-state index contributed by atoms with van der Waals surface area (Å²) in [6.45, 7) is 4.40. The number of rotatable bonds is 6. The second kappa shape index (κ2) is 10.9. The van der Waals surface area contributed by atoms with Gasteiger partial charge in [0.05, 0.1) is 27.5 Å². The van der Waals surface area contributed by atoms with E-state index in [-0.39, 0.29) is 11.7 Å². The maximum atomic E-state index is 15.3. The van der Waals surface area contributed by atoms with Gasteiger partial charge in [-0.15, -0.1) is 0 Å².